The van der Waals surface area contributed by atoms with Gasteiger partial charge in [0.15, 0.2) is 5.78 Å². The maximum absolute atomic E-state index is 13.7. The summed E-state index contributed by atoms with van der Waals surface area (Å²) in [7, 11) is 1.41. The van der Waals surface area contributed by atoms with Crippen LogP contribution in [0.2, 0.25) is 0 Å². The third-order valence-corrected chi connectivity index (χ3v) is 8.39. The number of ether oxygens (including phenoxy) is 2. The molecule has 0 unspecified atom stereocenters. The summed E-state index contributed by atoms with van der Waals surface area (Å²) in [6, 6.07) is 4.71. The van der Waals surface area contributed by atoms with Crippen molar-refractivity contribution >= 4 is 17.3 Å². The lowest BCUT2D eigenvalue weighted by Crippen LogP contribution is -2.37. The second-order valence-corrected chi connectivity index (χ2v) is 10.8. The van der Waals surface area contributed by atoms with Gasteiger partial charge in [0.1, 0.15) is 23.0 Å². The monoisotopic (exact) mass is 492 g/mol. The molecule has 7 nitrogen and oxygen atoms in total. The molecule has 2 N–H and O–H groups in total. The summed E-state index contributed by atoms with van der Waals surface area (Å²) in [5.74, 6) is -1.83. The normalized spacial score (nSPS) is 27.2. The van der Waals surface area contributed by atoms with Gasteiger partial charge in [0, 0.05) is 22.1 Å². The highest BCUT2D eigenvalue weighted by atomic mass is 16.5. The zero-order chi connectivity index (χ0) is 25.9. The van der Waals surface area contributed by atoms with E-state index in [2.05, 4.69) is 0 Å². The number of aromatic hydroxyl groups is 2. The zero-order valence-corrected chi connectivity index (χ0v) is 21.1. The summed E-state index contributed by atoms with van der Waals surface area (Å²) in [4.78, 5) is 40.0. The summed E-state index contributed by atoms with van der Waals surface area (Å²) in [6.07, 6.45) is 4.13. The van der Waals surface area contributed by atoms with Gasteiger partial charge in [0.05, 0.1) is 36.0 Å². The minimum absolute atomic E-state index is 0.0230. The van der Waals surface area contributed by atoms with Crippen molar-refractivity contribution in [2.45, 2.75) is 77.4 Å². The van der Waals surface area contributed by atoms with Crippen molar-refractivity contribution in [1.29, 1.82) is 0 Å². The Morgan fingerprint density at radius 2 is 1.83 bits per heavy atom. The van der Waals surface area contributed by atoms with E-state index in [1.54, 1.807) is 12.1 Å². The van der Waals surface area contributed by atoms with Gasteiger partial charge >= 0.3 is 0 Å². The molecule has 2 aliphatic carbocycles. The van der Waals surface area contributed by atoms with Crippen LogP contribution in [0.4, 0.5) is 0 Å². The number of hydrogen-bond acceptors (Lipinski definition) is 7. The topological polar surface area (TPSA) is 110 Å². The molecule has 190 valence electrons. The molecule has 1 fully saturated rings. The molecular formula is C29H32O7. The molecule has 1 saturated heterocycles. The van der Waals surface area contributed by atoms with E-state index in [1.807, 2.05) is 13.8 Å². The van der Waals surface area contributed by atoms with Gasteiger partial charge in [-0.3, -0.25) is 14.4 Å². The van der Waals surface area contributed by atoms with Crippen molar-refractivity contribution in [2.75, 3.05) is 7.11 Å². The second kappa shape index (κ2) is 8.73. The van der Waals surface area contributed by atoms with Crippen LogP contribution >= 0.6 is 0 Å². The molecule has 36 heavy (non-hydrogen) atoms. The average molecular weight is 493 g/mol. The van der Waals surface area contributed by atoms with Crippen LogP contribution in [0, 0.1) is 5.41 Å². The molecule has 2 aromatic carbocycles. The maximum atomic E-state index is 13.7. The first-order valence-corrected chi connectivity index (χ1v) is 12.6. The zero-order valence-electron chi connectivity index (χ0n) is 21.1. The van der Waals surface area contributed by atoms with Crippen LogP contribution in [-0.2, 0) is 16.0 Å². The minimum atomic E-state index is -0.779. The first-order valence-electron chi connectivity index (χ1n) is 12.6. The number of phenolic OH excluding ortho intramolecular Hbond substituents is 2. The Morgan fingerprint density at radius 3 is 2.50 bits per heavy atom. The molecule has 4 atom stereocenters. The molecule has 0 spiro atoms. The highest BCUT2D eigenvalue weighted by Crippen LogP contribution is 2.55. The number of ketones is 3. The molecule has 0 bridgehead atoms. The van der Waals surface area contributed by atoms with Crippen molar-refractivity contribution in [3.63, 3.8) is 0 Å². The van der Waals surface area contributed by atoms with Crippen LogP contribution in [0.5, 0.6) is 17.2 Å². The van der Waals surface area contributed by atoms with Crippen LogP contribution in [0.3, 0.4) is 0 Å². The van der Waals surface area contributed by atoms with Crippen molar-refractivity contribution in [3.8, 4) is 17.2 Å². The predicted molar refractivity (Wildman–Crippen MR) is 132 cm³/mol. The van der Waals surface area contributed by atoms with Gasteiger partial charge < -0.3 is 19.7 Å². The number of carbonyl (C=O) groups excluding carboxylic acids is 3. The molecule has 2 aromatic rings. The van der Waals surface area contributed by atoms with Crippen molar-refractivity contribution in [1.82, 2.24) is 0 Å². The van der Waals surface area contributed by atoms with Crippen molar-refractivity contribution in [3.05, 3.63) is 51.6 Å². The molecule has 7 heteroatoms. The maximum Gasteiger partial charge on any atom is 0.202 e. The minimum Gasteiger partial charge on any atom is -0.507 e. The van der Waals surface area contributed by atoms with E-state index < -0.39 is 17.0 Å². The Balaban J connectivity index is 1.71. The van der Waals surface area contributed by atoms with Crippen molar-refractivity contribution in [2.24, 2.45) is 5.41 Å². The van der Waals surface area contributed by atoms with Gasteiger partial charge in [0.25, 0.3) is 0 Å². The Kier molecular flexibility index (Phi) is 5.94. The van der Waals surface area contributed by atoms with Gasteiger partial charge in [0.2, 0.25) is 5.78 Å². The third kappa shape index (κ3) is 3.63. The van der Waals surface area contributed by atoms with Gasteiger partial charge in [-0.05, 0) is 64.4 Å². The highest BCUT2D eigenvalue weighted by molar-refractivity contribution is 6.31. The van der Waals surface area contributed by atoms with E-state index in [9.17, 15) is 24.6 Å². The fourth-order valence-electron chi connectivity index (χ4n) is 6.40. The Hall–Kier alpha value is -3.19. The van der Waals surface area contributed by atoms with Gasteiger partial charge in [-0.15, -0.1) is 0 Å². The van der Waals surface area contributed by atoms with E-state index in [-0.39, 0.29) is 69.8 Å². The molecular weight excluding hydrogens is 460 g/mol. The number of fused-ring (bicyclic) bond motifs is 3. The summed E-state index contributed by atoms with van der Waals surface area (Å²) in [5, 5.41) is 23.1. The van der Waals surface area contributed by atoms with E-state index in [0.29, 0.717) is 24.0 Å². The average Bonchev–Trinajstić information content (AvgIpc) is 2.83. The molecule has 5 rings (SSSR count). The summed E-state index contributed by atoms with van der Waals surface area (Å²) in [6.45, 7) is 5.43. The Bertz CT molecular complexity index is 1290. The van der Waals surface area contributed by atoms with Crippen LogP contribution in [-0.4, -0.2) is 46.9 Å². The lowest BCUT2D eigenvalue weighted by Gasteiger charge is -2.41. The predicted octanol–water partition coefficient (Wildman–Crippen LogP) is 4.85. The molecule has 1 heterocycles. The lowest BCUT2D eigenvalue weighted by molar-refractivity contribution is -0.127. The van der Waals surface area contributed by atoms with E-state index in [4.69, 9.17) is 9.47 Å². The largest absolute Gasteiger partial charge is 0.507 e. The molecule has 0 saturated carbocycles. The number of phenols is 2. The van der Waals surface area contributed by atoms with Crippen molar-refractivity contribution < 1.29 is 34.1 Å². The molecule has 3 aliphatic rings. The number of benzene rings is 2. The fourth-order valence-corrected chi connectivity index (χ4v) is 6.40. The van der Waals surface area contributed by atoms with Gasteiger partial charge in [-0.1, -0.05) is 19.1 Å². The SMILES string of the molecule is COc1cccc2c1C(=O)c1c(O)c3c(c(O)c1C2=O)C[C@@](C)(C(C)=O)C[C@@H]3C[C@H]1CCC[C@H](C)O1. The number of methoxy groups -OCH3 is 1. The standard InChI is InChI=1S/C29H32O7/c1-14-7-5-8-17(36-14)11-16-12-29(3,15(2)30)13-19-21(16)27(33)24-23(26(19)32)25(31)18-9-6-10-20(35-4)22(18)28(24)34/h6,9-10,14,16-17,32-33H,5,7-8,11-13H2,1-4H3/t14-,16-,17+,29-/m0/s1. The lowest BCUT2D eigenvalue weighted by atomic mass is 9.63. The summed E-state index contributed by atoms with van der Waals surface area (Å²) < 4.78 is 11.5. The number of carbonyl (C=O) groups is 3. The quantitative estimate of drug-likeness (QED) is 0.501. The number of Topliss-reactive ketones (excluding diaryl/α,β-unsaturated/α-hetero) is 1. The molecule has 0 aromatic heterocycles. The third-order valence-electron chi connectivity index (χ3n) is 8.39. The summed E-state index contributed by atoms with van der Waals surface area (Å²) in [5.41, 5.74) is -0.152. The smallest absolute Gasteiger partial charge is 0.202 e. The fraction of sp³-hybridized carbons (Fsp3) is 0.483. The van der Waals surface area contributed by atoms with Gasteiger partial charge in [-0.2, -0.15) is 0 Å². The summed E-state index contributed by atoms with van der Waals surface area (Å²) >= 11 is 0. The molecule has 0 radical (unpaired) electrons. The van der Waals surface area contributed by atoms with Crippen LogP contribution in [0.25, 0.3) is 0 Å². The van der Waals surface area contributed by atoms with E-state index in [1.165, 1.54) is 20.1 Å². The Morgan fingerprint density at radius 1 is 1.11 bits per heavy atom. The molecule has 1 aliphatic heterocycles. The van der Waals surface area contributed by atoms with Crippen LogP contribution in [0.1, 0.15) is 102 Å². The van der Waals surface area contributed by atoms with Crippen LogP contribution in [0.15, 0.2) is 18.2 Å². The first kappa shape index (κ1) is 24.5. The number of hydrogen-bond donors (Lipinski definition) is 2. The molecule has 0 amide bonds. The Labute approximate surface area is 210 Å². The van der Waals surface area contributed by atoms with E-state index in [0.717, 1.165) is 19.3 Å². The first-order chi connectivity index (χ1) is 17.1. The van der Waals surface area contributed by atoms with Gasteiger partial charge in [-0.25, -0.2) is 0 Å². The number of rotatable bonds is 4. The van der Waals surface area contributed by atoms with E-state index >= 15 is 0 Å². The van der Waals surface area contributed by atoms with Crippen LogP contribution < -0.4 is 4.74 Å². The second-order valence-electron chi connectivity index (χ2n) is 10.8. The highest BCUT2D eigenvalue weighted by Gasteiger charge is 2.47.